The van der Waals surface area contributed by atoms with Crippen molar-refractivity contribution in [3.8, 4) is 0 Å². The first kappa shape index (κ1) is 14.7. The average molecular weight is 274 g/mol. The lowest BCUT2D eigenvalue weighted by molar-refractivity contribution is -0.124. The Kier molecular flexibility index (Phi) is 4.90. The summed E-state index contributed by atoms with van der Waals surface area (Å²) in [5, 5.41) is 3.02. The maximum atomic E-state index is 12.1. The lowest BCUT2D eigenvalue weighted by Gasteiger charge is -2.25. The van der Waals surface area contributed by atoms with Gasteiger partial charge in [-0.15, -0.1) is 0 Å². The molecular weight excluding hydrogens is 252 g/mol. The van der Waals surface area contributed by atoms with Crippen molar-refractivity contribution in [2.45, 2.75) is 33.1 Å². The van der Waals surface area contributed by atoms with Crippen LogP contribution in [-0.2, 0) is 16.0 Å². The van der Waals surface area contributed by atoms with Gasteiger partial charge >= 0.3 is 0 Å². The molecule has 0 aliphatic carbocycles. The number of nitrogens with one attached hydrogen (secondary N) is 1. The van der Waals surface area contributed by atoms with Crippen LogP contribution in [0.25, 0.3) is 0 Å². The van der Waals surface area contributed by atoms with Gasteiger partial charge in [-0.05, 0) is 24.5 Å². The van der Waals surface area contributed by atoms with Gasteiger partial charge in [0.05, 0.1) is 6.54 Å². The lowest BCUT2D eigenvalue weighted by Crippen LogP contribution is -2.39. The summed E-state index contributed by atoms with van der Waals surface area (Å²) in [6.45, 7) is 5.85. The second-order valence-electron chi connectivity index (χ2n) is 5.33. The van der Waals surface area contributed by atoms with E-state index in [9.17, 15) is 9.59 Å². The van der Waals surface area contributed by atoms with Crippen LogP contribution in [-0.4, -0.2) is 36.2 Å². The lowest BCUT2D eigenvalue weighted by atomic mass is 10.1. The molecule has 0 unspecified atom stereocenters. The van der Waals surface area contributed by atoms with Crippen molar-refractivity contribution in [1.82, 2.24) is 4.90 Å². The van der Waals surface area contributed by atoms with Gasteiger partial charge < -0.3 is 5.32 Å². The number of rotatable bonds is 4. The summed E-state index contributed by atoms with van der Waals surface area (Å²) in [4.78, 5) is 25.4. The maximum absolute atomic E-state index is 12.1. The first-order chi connectivity index (χ1) is 9.60. The number of nitrogens with zero attached hydrogens (tertiary/aromatic N) is 1. The van der Waals surface area contributed by atoms with Crippen LogP contribution >= 0.6 is 0 Å². The molecule has 1 aromatic carbocycles. The van der Waals surface area contributed by atoms with Crippen molar-refractivity contribution in [3.05, 3.63) is 29.3 Å². The summed E-state index contributed by atoms with van der Waals surface area (Å²) < 4.78 is 0. The zero-order valence-electron chi connectivity index (χ0n) is 12.2. The van der Waals surface area contributed by atoms with Gasteiger partial charge in [0.1, 0.15) is 5.78 Å². The second-order valence-corrected chi connectivity index (χ2v) is 5.33. The monoisotopic (exact) mass is 274 g/mol. The molecular formula is C16H22N2O2. The molecule has 1 fully saturated rings. The molecule has 20 heavy (non-hydrogen) atoms. The third-order valence-electron chi connectivity index (χ3n) is 3.79. The van der Waals surface area contributed by atoms with Crippen LogP contribution in [0.15, 0.2) is 18.2 Å². The summed E-state index contributed by atoms with van der Waals surface area (Å²) in [5.74, 6) is 0.303. The molecule has 2 rings (SSSR count). The highest BCUT2D eigenvalue weighted by molar-refractivity contribution is 5.94. The smallest absolute Gasteiger partial charge is 0.238 e. The summed E-state index contributed by atoms with van der Waals surface area (Å²) in [6, 6.07) is 6.07. The van der Waals surface area contributed by atoms with Gasteiger partial charge in [-0.2, -0.15) is 0 Å². The molecule has 1 N–H and O–H groups in total. The molecule has 0 radical (unpaired) electrons. The van der Waals surface area contributed by atoms with Gasteiger partial charge in [-0.1, -0.05) is 25.1 Å². The fourth-order valence-corrected chi connectivity index (χ4v) is 2.54. The Morgan fingerprint density at radius 2 is 2.00 bits per heavy atom. The highest BCUT2D eigenvalue weighted by Crippen LogP contribution is 2.21. The van der Waals surface area contributed by atoms with Gasteiger partial charge in [0.15, 0.2) is 0 Å². The number of piperidine rings is 1. The number of aryl methyl sites for hydroxylation is 2. The molecule has 1 heterocycles. The van der Waals surface area contributed by atoms with Crippen molar-refractivity contribution in [1.29, 1.82) is 0 Å². The van der Waals surface area contributed by atoms with Crippen LogP contribution in [0.5, 0.6) is 0 Å². The number of hydrogen-bond donors (Lipinski definition) is 1. The van der Waals surface area contributed by atoms with Crippen LogP contribution in [0.2, 0.25) is 0 Å². The molecule has 1 saturated heterocycles. The Morgan fingerprint density at radius 3 is 2.65 bits per heavy atom. The third-order valence-corrected chi connectivity index (χ3v) is 3.79. The van der Waals surface area contributed by atoms with E-state index in [-0.39, 0.29) is 5.91 Å². The number of hydrogen-bond acceptors (Lipinski definition) is 3. The van der Waals surface area contributed by atoms with Crippen molar-refractivity contribution in [2.75, 3.05) is 25.0 Å². The van der Waals surface area contributed by atoms with Crippen molar-refractivity contribution in [2.24, 2.45) is 0 Å². The Bertz CT molecular complexity index is 501. The van der Waals surface area contributed by atoms with Gasteiger partial charge in [-0.3, -0.25) is 14.5 Å². The summed E-state index contributed by atoms with van der Waals surface area (Å²) in [6.07, 6.45) is 2.03. The van der Waals surface area contributed by atoms with Crippen molar-refractivity contribution < 1.29 is 9.59 Å². The van der Waals surface area contributed by atoms with E-state index < -0.39 is 0 Å². The number of para-hydroxylation sites is 1. The van der Waals surface area contributed by atoms with Gasteiger partial charge in [0.25, 0.3) is 0 Å². The SMILES string of the molecule is CCc1cccc(C)c1NC(=O)CN1CCC(=O)CC1. The van der Waals surface area contributed by atoms with Gasteiger partial charge in [0.2, 0.25) is 5.91 Å². The van der Waals surface area contributed by atoms with E-state index in [1.54, 1.807) is 0 Å². The molecule has 4 nitrogen and oxygen atoms in total. The molecule has 0 saturated carbocycles. The van der Waals surface area contributed by atoms with Crippen LogP contribution in [0.1, 0.15) is 30.9 Å². The molecule has 0 atom stereocenters. The van der Waals surface area contributed by atoms with E-state index in [1.807, 2.05) is 30.0 Å². The standard InChI is InChI=1S/C16H22N2O2/c1-3-13-6-4-5-12(2)16(13)17-15(20)11-18-9-7-14(19)8-10-18/h4-6H,3,7-11H2,1-2H3,(H,17,20). The normalized spacial score (nSPS) is 16.2. The van der Waals surface area contributed by atoms with Gasteiger partial charge in [0, 0.05) is 31.6 Å². The highest BCUT2D eigenvalue weighted by Gasteiger charge is 2.19. The number of benzene rings is 1. The summed E-state index contributed by atoms with van der Waals surface area (Å²) >= 11 is 0. The quantitative estimate of drug-likeness (QED) is 0.915. The molecule has 4 heteroatoms. The van der Waals surface area contributed by atoms with E-state index in [0.29, 0.717) is 38.3 Å². The molecule has 0 bridgehead atoms. The minimum Gasteiger partial charge on any atom is -0.324 e. The number of carbonyl (C=O) groups excluding carboxylic acids is 2. The number of carbonyl (C=O) groups is 2. The first-order valence-corrected chi connectivity index (χ1v) is 7.22. The minimum absolute atomic E-state index is 0.00310. The molecule has 1 amide bonds. The number of anilines is 1. The maximum Gasteiger partial charge on any atom is 0.238 e. The van der Waals surface area contributed by atoms with Crippen LogP contribution in [0, 0.1) is 6.92 Å². The van der Waals surface area contributed by atoms with E-state index in [2.05, 4.69) is 12.2 Å². The van der Waals surface area contributed by atoms with Crippen molar-refractivity contribution in [3.63, 3.8) is 0 Å². The summed E-state index contributed by atoms with van der Waals surface area (Å²) in [5.41, 5.74) is 3.19. The fourth-order valence-electron chi connectivity index (χ4n) is 2.54. The largest absolute Gasteiger partial charge is 0.324 e. The number of Topliss-reactive ketones (excluding diaryl/α,β-unsaturated/α-hetero) is 1. The van der Waals surface area contributed by atoms with Crippen molar-refractivity contribution >= 4 is 17.4 Å². The predicted molar refractivity (Wildman–Crippen MR) is 79.9 cm³/mol. The Balaban J connectivity index is 1.96. The fraction of sp³-hybridized carbons (Fsp3) is 0.500. The highest BCUT2D eigenvalue weighted by atomic mass is 16.2. The Hall–Kier alpha value is -1.68. The first-order valence-electron chi connectivity index (χ1n) is 7.22. The topological polar surface area (TPSA) is 49.4 Å². The summed E-state index contributed by atoms with van der Waals surface area (Å²) in [7, 11) is 0. The number of amides is 1. The third kappa shape index (κ3) is 3.67. The van der Waals surface area contributed by atoms with Crippen LogP contribution < -0.4 is 5.32 Å². The molecule has 1 aliphatic rings. The van der Waals surface area contributed by atoms with E-state index in [4.69, 9.17) is 0 Å². The van der Waals surface area contributed by atoms with E-state index >= 15 is 0 Å². The zero-order valence-corrected chi connectivity index (χ0v) is 12.2. The minimum atomic E-state index is 0.00310. The van der Waals surface area contributed by atoms with E-state index in [0.717, 1.165) is 23.2 Å². The van der Waals surface area contributed by atoms with Gasteiger partial charge in [-0.25, -0.2) is 0 Å². The molecule has 0 aromatic heterocycles. The molecule has 108 valence electrons. The Morgan fingerprint density at radius 1 is 1.30 bits per heavy atom. The Labute approximate surface area is 120 Å². The molecule has 1 aliphatic heterocycles. The molecule has 1 aromatic rings. The second kappa shape index (κ2) is 6.66. The van der Waals surface area contributed by atoms with E-state index in [1.165, 1.54) is 0 Å². The predicted octanol–water partition coefficient (Wildman–Crippen LogP) is 2.16. The van der Waals surface area contributed by atoms with Crippen LogP contribution in [0.4, 0.5) is 5.69 Å². The van der Waals surface area contributed by atoms with Crippen LogP contribution in [0.3, 0.4) is 0 Å². The average Bonchev–Trinajstić information content (AvgIpc) is 2.43. The number of ketones is 1. The zero-order chi connectivity index (χ0) is 14.5. The number of likely N-dealkylation sites (tertiary alicyclic amines) is 1. The molecule has 0 spiro atoms.